The van der Waals surface area contributed by atoms with Gasteiger partial charge in [-0.15, -0.1) is 5.10 Å². The fraction of sp³-hybridized carbons (Fsp3) is 0.421. The van der Waals surface area contributed by atoms with Crippen molar-refractivity contribution in [3.63, 3.8) is 0 Å². The first kappa shape index (κ1) is 16.8. The van der Waals surface area contributed by atoms with E-state index in [4.69, 9.17) is 9.47 Å². The van der Waals surface area contributed by atoms with Gasteiger partial charge in [0.1, 0.15) is 11.6 Å². The molecule has 0 atom stereocenters. The Labute approximate surface area is 152 Å². The minimum atomic E-state index is 0.437. The van der Waals surface area contributed by atoms with Crippen LogP contribution in [0.2, 0.25) is 0 Å². The van der Waals surface area contributed by atoms with Crippen molar-refractivity contribution in [1.82, 2.24) is 19.6 Å². The van der Waals surface area contributed by atoms with E-state index in [0.717, 1.165) is 29.3 Å². The standard InChI is InChI=1S/C19H23N5O2/c1-25-17-13-20-9-8-15(17)16-12-22-19-7-6-18(23-24(16)19)21-10-11-26-14-4-2-3-5-14/h6-9,12-14H,2-5,10-11H2,1H3,(H,21,23). The van der Waals surface area contributed by atoms with Gasteiger partial charge >= 0.3 is 0 Å². The lowest BCUT2D eigenvalue weighted by Crippen LogP contribution is -2.16. The van der Waals surface area contributed by atoms with Crippen LogP contribution in [0.5, 0.6) is 5.75 Å². The van der Waals surface area contributed by atoms with Crippen LogP contribution in [0, 0.1) is 0 Å². The highest BCUT2D eigenvalue weighted by Crippen LogP contribution is 2.29. The second-order valence-electron chi connectivity index (χ2n) is 6.41. The molecule has 1 fully saturated rings. The number of nitrogens with zero attached hydrogens (tertiary/aromatic N) is 4. The zero-order chi connectivity index (χ0) is 17.8. The summed E-state index contributed by atoms with van der Waals surface area (Å²) in [7, 11) is 1.63. The highest BCUT2D eigenvalue weighted by Gasteiger charge is 2.15. The molecule has 0 spiro atoms. The molecule has 3 aromatic heterocycles. The molecule has 0 unspecified atom stereocenters. The molecule has 4 rings (SSSR count). The molecule has 0 aromatic carbocycles. The van der Waals surface area contributed by atoms with E-state index in [2.05, 4.69) is 20.4 Å². The van der Waals surface area contributed by atoms with Gasteiger partial charge in [0.15, 0.2) is 5.65 Å². The molecule has 0 aliphatic heterocycles. The molecule has 7 nitrogen and oxygen atoms in total. The van der Waals surface area contributed by atoms with E-state index >= 15 is 0 Å². The Hall–Kier alpha value is -2.67. The van der Waals surface area contributed by atoms with Gasteiger partial charge in [-0.3, -0.25) is 4.98 Å². The van der Waals surface area contributed by atoms with E-state index in [0.29, 0.717) is 18.5 Å². The predicted octanol–water partition coefficient (Wildman–Crippen LogP) is 3.17. The average molecular weight is 353 g/mol. The number of methoxy groups -OCH3 is 1. The topological polar surface area (TPSA) is 73.6 Å². The fourth-order valence-corrected chi connectivity index (χ4v) is 3.37. The second kappa shape index (κ2) is 7.70. The van der Waals surface area contributed by atoms with Crippen LogP contribution in [-0.4, -0.2) is 45.9 Å². The van der Waals surface area contributed by atoms with E-state index in [1.165, 1.54) is 25.7 Å². The van der Waals surface area contributed by atoms with Gasteiger partial charge in [0.2, 0.25) is 0 Å². The number of rotatable bonds is 7. The van der Waals surface area contributed by atoms with E-state index in [1.807, 2.05) is 22.7 Å². The van der Waals surface area contributed by atoms with E-state index in [9.17, 15) is 0 Å². The zero-order valence-corrected chi connectivity index (χ0v) is 14.9. The van der Waals surface area contributed by atoms with Gasteiger partial charge in [0, 0.05) is 18.3 Å². The van der Waals surface area contributed by atoms with Crippen molar-refractivity contribution in [2.45, 2.75) is 31.8 Å². The summed E-state index contributed by atoms with van der Waals surface area (Å²) >= 11 is 0. The smallest absolute Gasteiger partial charge is 0.154 e. The second-order valence-corrected chi connectivity index (χ2v) is 6.41. The lowest BCUT2D eigenvalue weighted by Gasteiger charge is -2.12. The molecule has 1 aliphatic carbocycles. The van der Waals surface area contributed by atoms with E-state index in [-0.39, 0.29) is 0 Å². The van der Waals surface area contributed by atoms with Crippen molar-refractivity contribution in [2.24, 2.45) is 0 Å². The molecular formula is C19H23N5O2. The Kier molecular flexibility index (Phi) is 4.97. The van der Waals surface area contributed by atoms with E-state index < -0.39 is 0 Å². The van der Waals surface area contributed by atoms with Crippen LogP contribution in [0.15, 0.2) is 36.8 Å². The lowest BCUT2D eigenvalue weighted by molar-refractivity contribution is 0.0658. The SMILES string of the molecule is COc1cnccc1-c1cnc2ccc(NCCOC3CCCC3)nn12. The van der Waals surface area contributed by atoms with Gasteiger partial charge < -0.3 is 14.8 Å². The minimum Gasteiger partial charge on any atom is -0.494 e. The molecule has 0 amide bonds. The summed E-state index contributed by atoms with van der Waals surface area (Å²) in [6, 6.07) is 5.79. The largest absolute Gasteiger partial charge is 0.494 e. The van der Waals surface area contributed by atoms with Crippen LogP contribution in [0.25, 0.3) is 16.9 Å². The van der Waals surface area contributed by atoms with Gasteiger partial charge in [-0.05, 0) is 31.0 Å². The summed E-state index contributed by atoms with van der Waals surface area (Å²) in [5.41, 5.74) is 2.56. The molecule has 3 heterocycles. The molecule has 0 saturated heterocycles. The Morgan fingerprint density at radius 2 is 2.08 bits per heavy atom. The first-order valence-corrected chi connectivity index (χ1v) is 9.04. The van der Waals surface area contributed by atoms with Gasteiger partial charge in [-0.25, -0.2) is 9.50 Å². The maximum atomic E-state index is 5.89. The summed E-state index contributed by atoms with van der Waals surface area (Å²) in [5, 5.41) is 8.00. The highest BCUT2D eigenvalue weighted by atomic mass is 16.5. The van der Waals surface area contributed by atoms with Gasteiger partial charge in [0.05, 0.1) is 37.9 Å². The molecule has 26 heavy (non-hydrogen) atoms. The number of fused-ring (bicyclic) bond motifs is 1. The van der Waals surface area contributed by atoms with Crippen LogP contribution in [0.3, 0.4) is 0 Å². The molecule has 1 aliphatic rings. The molecule has 1 saturated carbocycles. The first-order valence-electron chi connectivity index (χ1n) is 9.04. The van der Waals surface area contributed by atoms with Crippen LogP contribution in [0.4, 0.5) is 5.82 Å². The van der Waals surface area contributed by atoms with E-state index in [1.54, 1.807) is 25.7 Å². The lowest BCUT2D eigenvalue weighted by atomic mass is 10.2. The number of imidazole rings is 1. The summed E-state index contributed by atoms with van der Waals surface area (Å²) in [5.74, 6) is 1.49. The number of pyridine rings is 1. The number of ether oxygens (including phenoxy) is 2. The average Bonchev–Trinajstić information content (AvgIpc) is 3.34. The van der Waals surface area contributed by atoms with Crippen molar-refractivity contribution in [3.05, 3.63) is 36.8 Å². The monoisotopic (exact) mass is 353 g/mol. The number of anilines is 1. The molecular weight excluding hydrogens is 330 g/mol. The third kappa shape index (κ3) is 3.48. The number of hydrogen-bond donors (Lipinski definition) is 1. The summed E-state index contributed by atoms with van der Waals surface area (Å²) in [6.07, 6.45) is 10.6. The van der Waals surface area contributed by atoms with Crippen LogP contribution in [-0.2, 0) is 4.74 Å². The number of hydrogen-bond acceptors (Lipinski definition) is 6. The Morgan fingerprint density at radius 3 is 2.92 bits per heavy atom. The van der Waals surface area contributed by atoms with Crippen molar-refractivity contribution in [2.75, 3.05) is 25.6 Å². The zero-order valence-electron chi connectivity index (χ0n) is 14.9. The molecule has 136 valence electrons. The molecule has 1 N–H and O–H groups in total. The maximum Gasteiger partial charge on any atom is 0.154 e. The van der Waals surface area contributed by atoms with Crippen LogP contribution >= 0.6 is 0 Å². The predicted molar refractivity (Wildman–Crippen MR) is 99.5 cm³/mol. The fourth-order valence-electron chi connectivity index (χ4n) is 3.37. The van der Waals surface area contributed by atoms with Gasteiger partial charge in [-0.2, -0.15) is 0 Å². The quantitative estimate of drug-likeness (QED) is 0.658. The van der Waals surface area contributed by atoms with Crippen LogP contribution < -0.4 is 10.1 Å². The highest BCUT2D eigenvalue weighted by molar-refractivity contribution is 5.69. The molecule has 7 heteroatoms. The Bertz CT molecular complexity index is 873. The van der Waals surface area contributed by atoms with Gasteiger partial charge in [0.25, 0.3) is 0 Å². The Balaban J connectivity index is 1.49. The van der Waals surface area contributed by atoms with Crippen molar-refractivity contribution in [3.8, 4) is 17.0 Å². The summed E-state index contributed by atoms with van der Waals surface area (Å²) in [6.45, 7) is 1.43. The summed E-state index contributed by atoms with van der Waals surface area (Å²) in [4.78, 5) is 8.54. The number of aromatic nitrogens is 4. The maximum absolute atomic E-state index is 5.89. The van der Waals surface area contributed by atoms with Crippen molar-refractivity contribution in [1.29, 1.82) is 0 Å². The van der Waals surface area contributed by atoms with Crippen molar-refractivity contribution < 1.29 is 9.47 Å². The first-order chi connectivity index (χ1) is 12.8. The molecule has 3 aromatic rings. The number of nitrogens with one attached hydrogen (secondary N) is 1. The van der Waals surface area contributed by atoms with Crippen LogP contribution in [0.1, 0.15) is 25.7 Å². The summed E-state index contributed by atoms with van der Waals surface area (Å²) < 4.78 is 13.1. The van der Waals surface area contributed by atoms with Gasteiger partial charge in [-0.1, -0.05) is 12.8 Å². The minimum absolute atomic E-state index is 0.437. The third-order valence-corrected chi connectivity index (χ3v) is 4.71. The van der Waals surface area contributed by atoms with Crippen molar-refractivity contribution >= 4 is 11.5 Å². The normalized spacial score (nSPS) is 14.8. The Morgan fingerprint density at radius 1 is 1.19 bits per heavy atom. The molecule has 0 radical (unpaired) electrons. The molecule has 0 bridgehead atoms. The third-order valence-electron chi connectivity index (χ3n) is 4.71.